The number of nitrogens with two attached hydrogens (primary N) is 1. The summed E-state index contributed by atoms with van der Waals surface area (Å²) in [5.74, 6) is 1.32. The number of nitrogen functional groups attached to an aromatic ring is 1. The molecule has 2 aliphatic rings. The van der Waals surface area contributed by atoms with Crippen LogP contribution in [0.15, 0.2) is 30.3 Å². The summed E-state index contributed by atoms with van der Waals surface area (Å²) in [5.41, 5.74) is 5.95. The van der Waals surface area contributed by atoms with Gasteiger partial charge in [0.1, 0.15) is 11.6 Å². The van der Waals surface area contributed by atoms with Gasteiger partial charge >= 0.3 is 12.3 Å². The van der Waals surface area contributed by atoms with Crippen molar-refractivity contribution in [2.75, 3.05) is 44.5 Å². The van der Waals surface area contributed by atoms with Crippen LogP contribution in [0.1, 0.15) is 49.2 Å². The average molecular weight is 560 g/mol. The van der Waals surface area contributed by atoms with Gasteiger partial charge < -0.3 is 30.2 Å². The maximum atomic E-state index is 13.4. The minimum Gasteiger partial charge on any atom is -0.493 e. The van der Waals surface area contributed by atoms with Gasteiger partial charge in [0.15, 0.2) is 11.5 Å². The number of carbonyl (C=O) groups excluding carboxylic acids is 1. The van der Waals surface area contributed by atoms with Gasteiger partial charge in [-0.25, -0.2) is 14.8 Å². The van der Waals surface area contributed by atoms with Crippen LogP contribution in [0.25, 0.3) is 10.9 Å². The lowest BCUT2D eigenvalue weighted by Crippen LogP contribution is -2.44. The van der Waals surface area contributed by atoms with Crippen molar-refractivity contribution in [2.45, 2.75) is 45.3 Å². The summed E-state index contributed by atoms with van der Waals surface area (Å²) in [6, 6.07) is 6.11. The number of aromatic nitrogens is 2. The molecule has 3 heterocycles. The number of methoxy groups -OCH3 is 1. The molecule has 2 aliphatic heterocycles. The largest absolute Gasteiger partial charge is 0.493 e. The molecule has 0 bridgehead atoms. The molecular formula is C28H32F3N5O4. The molecule has 12 heteroatoms. The maximum Gasteiger partial charge on any atom is 0.416 e. The van der Waals surface area contributed by atoms with Crippen LogP contribution < -0.4 is 20.5 Å². The molecule has 5 rings (SSSR count). The Bertz CT molecular complexity index is 1420. The third kappa shape index (κ3) is 5.72. The molecule has 40 heavy (non-hydrogen) atoms. The Labute approximate surface area is 229 Å². The third-order valence-corrected chi connectivity index (χ3v) is 7.72. The lowest BCUT2D eigenvalue weighted by atomic mass is 9.78. The van der Waals surface area contributed by atoms with Gasteiger partial charge in [-0.2, -0.15) is 13.2 Å². The first-order chi connectivity index (χ1) is 19.0. The van der Waals surface area contributed by atoms with Crippen molar-refractivity contribution in [3.8, 4) is 11.5 Å². The molecule has 1 unspecified atom stereocenters. The number of likely N-dealkylation sites (tertiary alicyclic amines) is 1. The minimum absolute atomic E-state index is 0.00484. The van der Waals surface area contributed by atoms with E-state index in [0.29, 0.717) is 46.9 Å². The topological polar surface area (TPSA) is 112 Å². The van der Waals surface area contributed by atoms with Crippen molar-refractivity contribution in [3.63, 3.8) is 0 Å². The first-order valence-electron chi connectivity index (χ1n) is 13.1. The zero-order valence-corrected chi connectivity index (χ0v) is 22.6. The number of aryl methyl sites for hydroxylation is 1. The fraction of sp³-hybridized carbons (Fsp3) is 0.464. The van der Waals surface area contributed by atoms with Gasteiger partial charge in [-0.15, -0.1) is 0 Å². The summed E-state index contributed by atoms with van der Waals surface area (Å²) >= 11 is 0. The van der Waals surface area contributed by atoms with Crippen LogP contribution in [0.2, 0.25) is 0 Å². The number of amides is 1. The number of hydrogen-bond acceptors (Lipinski definition) is 8. The molecule has 0 saturated carbocycles. The predicted molar refractivity (Wildman–Crippen MR) is 143 cm³/mol. The van der Waals surface area contributed by atoms with E-state index in [4.69, 9.17) is 19.9 Å². The van der Waals surface area contributed by atoms with Crippen LogP contribution in [0.3, 0.4) is 0 Å². The molecular weight excluding hydrogens is 527 g/mol. The first kappa shape index (κ1) is 27.8. The number of hydrogen-bond donors (Lipinski definition) is 2. The molecule has 214 valence electrons. The molecule has 9 nitrogen and oxygen atoms in total. The molecule has 3 aromatic rings. The zero-order valence-electron chi connectivity index (χ0n) is 22.6. The van der Waals surface area contributed by atoms with E-state index in [2.05, 4.69) is 15.3 Å². The van der Waals surface area contributed by atoms with Crippen LogP contribution in [0.4, 0.5) is 29.5 Å². The average Bonchev–Trinajstić information content (AvgIpc) is 3.35. The Morgan fingerprint density at radius 3 is 2.52 bits per heavy atom. The number of rotatable bonds is 5. The quantitative estimate of drug-likeness (QED) is 0.382. The SMILES string of the molecule is COc1cc2nc(C)nc(NC(C)c3cc(N)cc(C(F)(F)F)c3)c2cc1OC(=O)N1CCC2(CCOC2)CC1. The molecule has 2 fully saturated rings. The molecule has 1 atom stereocenters. The Morgan fingerprint density at radius 2 is 1.88 bits per heavy atom. The highest BCUT2D eigenvalue weighted by Crippen LogP contribution is 2.40. The predicted octanol–water partition coefficient (Wildman–Crippen LogP) is 5.72. The summed E-state index contributed by atoms with van der Waals surface area (Å²) in [7, 11) is 1.47. The number of nitrogens with zero attached hydrogens (tertiary/aromatic N) is 3. The normalized spacial score (nSPS) is 17.7. The number of anilines is 2. The van der Waals surface area contributed by atoms with Crippen LogP contribution in [-0.4, -0.2) is 54.4 Å². The highest BCUT2D eigenvalue weighted by molar-refractivity contribution is 5.92. The molecule has 1 aromatic heterocycles. The summed E-state index contributed by atoms with van der Waals surface area (Å²) < 4.78 is 57.0. The number of halogens is 3. The number of fused-ring (bicyclic) bond motifs is 1. The second-order valence-corrected chi connectivity index (χ2v) is 10.5. The van der Waals surface area contributed by atoms with Crippen LogP contribution in [0.5, 0.6) is 11.5 Å². The van der Waals surface area contributed by atoms with Gasteiger partial charge in [-0.1, -0.05) is 0 Å². The van der Waals surface area contributed by atoms with Crippen LogP contribution >= 0.6 is 0 Å². The van der Waals surface area contributed by atoms with E-state index >= 15 is 0 Å². The Hall–Kier alpha value is -3.80. The van der Waals surface area contributed by atoms with Gasteiger partial charge in [0, 0.05) is 36.8 Å². The second-order valence-electron chi connectivity index (χ2n) is 10.5. The summed E-state index contributed by atoms with van der Waals surface area (Å²) in [6.45, 7) is 6.05. The standard InChI is InChI=1S/C28H32F3N5O4/c1-16(18-10-19(28(29,30)31)12-20(32)11-18)33-25-21-13-24(23(38-3)14-22(21)34-17(2)35-25)40-26(37)36-7-4-27(5-8-36)6-9-39-15-27/h10-14,16H,4-9,15,32H2,1-3H3,(H,33,34,35). The van der Waals surface area contributed by atoms with E-state index in [0.717, 1.165) is 44.6 Å². The summed E-state index contributed by atoms with van der Waals surface area (Å²) in [4.78, 5) is 23.7. The van der Waals surface area contributed by atoms with Crippen molar-refractivity contribution in [2.24, 2.45) is 5.41 Å². The van der Waals surface area contributed by atoms with E-state index in [9.17, 15) is 18.0 Å². The van der Waals surface area contributed by atoms with E-state index < -0.39 is 23.9 Å². The number of alkyl halides is 3. The van der Waals surface area contributed by atoms with Gasteiger partial charge in [0.05, 0.1) is 30.8 Å². The molecule has 0 radical (unpaired) electrons. The highest BCUT2D eigenvalue weighted by Gasteiger charge is 2.39. The Balaban J connectivity index is 1.41. The van der Waals surface area contributed by atoms with Gasteiger partial charge in [0.25, 0.3) is 0 Å². The van der Waals surface area contributed by atoms with E-state index in [1.54, 1.807) is 30.9 Å². The fourth-order valence-corrected chi connectivity index (χ4v) is 5.35. The molecule has 0 aliphatic carbocycles. The molecule has 1 amide bonds. The smallest absolute Gasteiger partial charge is 0.416 e. The van der Waals surface area contributed by atoms with Crippen LogP contribution in [-0.2, 0) is 10.9 Å². The third-order valence-electron chi connectivity index (χ3n) is 7.72. The Morgan fingerprint density at radius 1 is 1.12 bits per heavy atom. The lowest BCUT2D eigenvalue weighted by molar-refractivity contribution is -0.137. The van der Waals surface area contributed by atoms with Crippen molar-refractivity contribution in [1.29, 1.82) is 0 Å². The molecule has 1 spiro atoms. The lowest BCUT2D eigenvalue weighted by Gasteiger charge is -2.37. The minimum atomic E-state index is -4.53. The number of ether oxygens (including phenoxy) is 3. The van der Waals surface area contributed by atoms with Gasteiger partial charge in [-0.3, -0.25) is 0 Å². The fourth-order valence-electron chi connectivity index (χ4n) is 5.35. The van der Waals surface area contributed by atoms with E-state index in [-0.39, 0.29) is 16.9 Å². The second kappa shape index (κ2) is 10.6. The number of carbonyl (C=O) groups is 1. The van der Waals surface area contributed by atoms with Crippen molar-refractivity contribution in [3.05, 3.63) is 47.3 Å². The number of nitrogens with one attached hydrogen (secondary N) is 1. The number of benzene rings is 2. The molecule has 3 N–H and O–H groups in total. The van der Waals surface area contributed by atoms with Gasteiger partial charge in [-0.05, 0) is 68.4 Å². The maximum absolute atomic E-state index is 13.4. The van der Waals surface area contributed by atoms with Crippen molar-refractivity contribution >= 4 is 28.5 Å². The van der Waals surface area contributed by atoms with E-state index in [1.807, 2.05) is 0 Å². The monoisotopic (exact) mass is 559 g/mol. The molecule has 2 saturated heterocycles. The number of piperidine rings is 1. The zero-order chi connectivity index (χ0) is 28.7. The van der Waals surface area contributed by atoms with Crippen LogP contribution in [0, 0.1) is 12.3 Å². The first-order valence-corrected chi connectivity index (χ1v) is 13.1. The Kier molecular flexibility index (Phi) is 7.38. The van der Waals surface area contributed by atoms with Gasteiger partial charge in [0.2, 0.25) is 0 Å². The van der Waals surface area contributed by atoms with Crippen molar-refractivity contribution < 1.29 is 32.2 Å². The van der Waals surface area contributed by atoms with E-state index in [1.165, 1.54) is 13.2 Å². The highest BCUT2D eigenvalue weighted by atomic mass is 19.4. The summed E-state index contributed by atoms with van der Waals surface area (Å²) in [5, 5.41) is 3.69. The molecule has 2 aromatic carbocycles. The summed E-state index contributed by atoms with van der Waals surface area (Å²) in [6.07, 6.45) is -2.29. The van der Waals surface area contributed by atoms with Crippen molar-refractivity contribution in [1.82, 2.24) is 14.9 Å².